The number of ether oxygens (including phenoxy) is 4. The summed E-state index contributed by atoms with van der Waals surface area (Å²) in [5.74, 6) is -1.50. The zero-order chi connectivity index (χ0) is 54.2. The number of Topliss-reactive ketones (excluding diaryl/α,β-unsaturated/α-hetero) is 1. The number of ketones is 1. The molecule has 19 atom stereocenters. The van der Waals surface area contributed by atoms with Crippen LogP contribution in [0.3, 0.4) is 0 Å². The molecule has 5 heterocycles. The van der Waals surface area contributed by atoms with Crippen molar-refractivity contribution in [3.63, 3.8) is 0 Å². The van der Waals surface area contributed by atoms with Crippen molar-refractivity contribution in [1.82, 2.24) is 10.9 Å². The zero-order valence-corrected chi connectivity index (χ0v) is 46.1. The number of allylic oxidation sites excluding steroid dienone is 1. The van der Waals surface area contributed by atoms with Gasteiger partial charge in [-0.05, 0) is 210 Å². The molecule has 0 aromatic heterocycles. The molecule has 6 bridgehead atoms. The van der Waals surface area contributed by atoms with Crippen molar-refractivity contribution < 1.29 is 64.3 Å². The number of carboxylic acid groups (broad SMARTS) is 1. The number of benzene rings is 2. The maximum atomic E-state index is 13.5. The van der Waals surface area contributed by atoms with Crippen molar-refractivity contribution >= 4 is 22.5 Å². The lowest BCUT2D eigenvalue weighted by Gasteiger charge is -2.72. The minimum Gasteiger partial charge on any atom is -0.507 e. The molecule has 9 N–H and O–H groups in total. The molecular weight excluding hydrogens is 1000 g/mol. The van der Waals surface area contributed by atoms with Gasteiger partial charge in [-0.3, -0.25) is 15.6 Å². The number of carboxylic acids is 1. The van der Waals surface area contributed by atoms with Gasteiger partial charge in [-0.25, -0.2) is 4.79 Å². The smallest absolute Gasteiger partial charge is 0.335 e. The third-order valence-electron chi connectivity index (χ3n) is 26.7. The lowest BCUT2D eigenvalue weighted by atomic mass is 9.38. The van der Waals surface area contributed by atoms with Gasteiger partial charge in [0.15, 0.2) is 5.78 Å². The van der Waals surface area contributed by atoms with Gasteiger partial charge in [0.25, 0.3) is 0 Å². The van der Waals surface area contributed by atoms with Crippen molar-refractivity contribution in [2.45, 2.75) is 216 Å². The molecule has 0 radical (unpaired) electrons. The second-order valence-corrected chi connectivity index (χ2v) is 29.3. The van der Waals surface area contributed by atoms with Gasteiger partial charge >= 0.3 is 5.97 Å². The average molecular weight is 1090 g/mol. The van der Waals surface area contributed by atoms with Crippen LogP contribution in [0, 0.1) is 69.0 Å². The van der Waals surface area contributed by atoms with E-state index in [9.17, 15) is 45.3 Å². The number of aromatic hydroxyl groups is 2. The standard InChI is InChI=1S/C64H82N2O13/c1-32-45(33(2)68)49(70)47-39(48(32)69)21-34(55(74)75)22-42(47)77-56-50(71)52(72)64-24-41-46-38(43(79-64)25-57(13-3-4-14-57)53(73)54(64)78-56)10-11-40(46)61(19-20-67)31-76-27-35-23-59-28-60(26-44(59)65-66-63(41,30-59)51(35)61)16-12-37-8-5-7-36-9-6-15-58(36)17-18-62(37,60)29-58/h11,21-22,35-37,41,43-44,50-54,56,65-67,69-73H,3-10,12-20,23-31H2,1-2H3,(H,74,75). The van der Waals surface area contributed by atoms with E-state index >= 15 is 0 Å². The second-order valence-electron chi connectivity index (χ2n) is 29.3. The van der Waals surface area contributed by atoms with Gasteiger partial charge in [0.05, 0.1) is 35.3 Å². The Morgan fingerprint density at radius 3 is 2.43 bits per heavy atom. The Labute approximate surface area is 462 Å². The molecule has 5 aliphatic heterocycles. The maximum Gasteiger partial charge on any atom is 0.335 e. The fourth-order valence-corrected chi connectivity index (χ4v) is 24.2. The summed E-state index contributed by atoms with van der Waals surface area (Å²) < 4.78 is 28.3. The molecule has 426 valence electrons. The summed E-state index contributed by atoms with van der Waals surface area (Å²) in [6, 6.07) is 2.62. The van der Waals surface area contributed by atoms with Crippen molar-refractivity contribution in [2.75, 3.05) is 19.8 Å². The molecule has 19 unspecified atom stereocenters. The molecule has 12 fully saturated rings. The van der Waals surface area contributed by atoms with E-state index in [0.717, 1.165) is 49.2 Å². The number of hydrogen-bond acceptors (Lipinski definition) is 14. The molecule has 16 rings (SSSR count). The van der Waals surface area contributed by atoms with Crippen LogP contribution >= 0.6 is 0 Å². The van der Waals surface area contributed by atoms with Crippen LogP contribution in [0.25, 0.3) is 10.8 Å². The molecule has 7 spiro atoms. The summed E-state index contributed by atoms with van der Waals surface area (Å²) in [6.45, 7) is 3.88. The van der Waals surface area contributed by atoms with E-state index in [1.54, 1.807) is 0 Å². The molecule has 2 aromatic rings. The lowest BCUT2D eigenvalue weighted by molar-refractivity contribution is -0.340. The number of phenolic OH excluding ortho intramolecular Hbond substituents is 2. The number of carbonyl (C=O) groups excluding carboxylic acids is 1. The van der Waals surface area contributed by atoms with Crippen LogP contribution in [-0.2, 0) is 14.2 Å². The minimum absolute atomic E-state index is 0.0172. The quantitative estimate of drug-likeness (QED) is 0.0977. The highest BCUT2D eigenvalue weighted by molar-refractivity contribution is 6.11. The average Bonchev–Trinajstić information content (AvgIpc) is 1.78. The van der Waals surface area contributed by atoms with Crippen LogP contribution in [0.5, 0.6) is 17.2 Å². The molecule has 4 saturated heterocycles. The summed E-state index contributed by atoms with van der Waals surface area (Å²) in [7, 11) is 0. The van der Waals surface area contributed by atoms with Crippen LogP contribution in [0.1, 0.15) is 181 Å². The molecule has 9 aliphatic carbocycles. The summed E-state index contributed by atoms with van der Waals surface area (Å²) in [6.07, 6.45) is 18.8. The topological polar surface area (TPSA) is 237 Å². The fraction of sp³-hybridized carbons (Fsp3) is 0.750. The van der Waals surface area contributed by atoms with Crippen LogP contribution in [-0.4, -0.2) is 121 Å². The molecule has 8 saturated carbocycles. The highest BCUT2D eigenvalue weighted by atomic mass is 16.7. The zero-order valence-electron chi connectivity index (χ0n) is 46.1. The Bertz CT molecular complexity index is 3060. The summed E-state index contributed by atoms with van der Waals surface area (Å²) >= 11 is 0. The number of hydrazine groups is 1. The number of carbonyl (C=O) groups is 2. The molecule has 79 heavy (non-hydrogen) atoms. The van der Waals surface area contributed by atoms with Crippen molar-refractivity contribution in [3.05, 3.63) is 51.6 Å². The molecule has 15 nitrogen and oxygen atoms in total. The van der Waals surface area contributed by atoms with Gasteiger partial charge in [-0.1, -0.05) is 31.8 Å². The summed E-state index contributed by atoms with van der Waals surface area (Å²) in [4.78, 5) is 25.7. The minimum atomic E-state index is -1.83. The van der Waals surface area contributed by atoms with E-state index in [-0.39, 0.29) is 80.9 Å². The number of nitrogens with one attached hydrogen (secondary N) is 2. The van der Waals surface area contributed by atoms with E-state index < -0.39 is 82.0 Å². The maximum absolute atomic E-state index is 13.5. The highest BCUT2D eigenvalue weighted by Gasteiger charge is 2.79. The Hall–Kier alpha value is -3.64. The predicted octanol–water partition coefficient (Wildman–Crippen LogP) is 8.35. The molecule has 15 heteroatoms. The van der Waals surface area contributed by atoms with Crippen molar-refractivity contribution in [2.24, 2.45) is 62.1 Å². The fourth-order valence-electron chi connectivity index (χ4n) is 24.2. The summed E-state index contributed by atoms with van der Waals surface area (Å²) in [5, 5.41) is 84.4. The van der Waals surface area contributed by atoms with E-state index in [4.69, 9.17) is 18.9 Å². The van der Waals surface area contributed by atoms with E-state index in [2.05, 4.69) is 16.9 Å². The third-order valence-corrected chi connectivity index (χ3v) is 26.7. The number of aliphatic hydroxyl groups is 4. The Kier molecular flexibility index (Phi) is 10.8. The van der Waals surface area contributed by atoms with Crippen molar-refractivity contribution in [1.29, 1.82) is 0 Å². The Morgan fingerprint density at radius 1 is 0.835 bits per heavy atom. The van der Waals surface area contributed by atoms with E-state index in [1.165, 1.54) is 115 Å². The summed E-state index contributed by atoms with van der Waals surface area (Å²) in [5.41, 5.74) is 9.37. The highest BCUT2D eigenvalue weighted by Crippen LogP contribution is 2.82. The third kappa shape index (κ3) is 6.26. The number of aromatic carboxylic acids is 1. The van der Waals surface area contributed by atoms with Crippen LogP contribution in [0.15, 0.2) is 34.9 Å². The van der Waals surface area contributed by atoms with E-state index in [0.29, 0.717) is 56.1 Å². The first kappa shape index (κ1) is 51.0. The van der Waals surface area contributed by atoms with Gasteiger partial charge in [-0.2, -0.15) is 0 Å². The monoisotopic (exact) mass is 1090 g/mol. The lowest BCUT2D eigenvalue weighted by Crippen LogP contribution is -2.81. The van der Waals surface area contributed by atoms with Crippen LogP contribution in [0.4, 0.5) is 0 Å². The van der Waals surface area contributed by atoms with Gasteiger partial charge < -0.3 is 54.7 Å². The van der Waals surface area contributed by atoms with Gasteiger partial charge in [-0.15, -0.1) is 0 Å². The number of rotatable bonds is 6. The molecular formula is C64H82N2O13. The SMILES string of the molecule is CC(=O)c1c(C)c(O)c2cc(C(=O)O)cc(OC3OC4C(O)C5(CCCC5)CC5OC4(CC4C6=C5CC=C6C5(CCO)COCC6CC78CC4(NNC7CC4(CCC7CCCC9CCCC9%10CCC74C%10)C8)C65)C(O)C3O)c2c1O. The van der Waals surface area contributed by atoms with E-state index in [1.807, 2.05) is 0 Å². The molecule has 0 amide bonds. The molecule has 2 aromatic carbocycles. The van der Waals surface area contributed by atoms with Crippen LogP contribution in [0.2, 0.25) is 0 Å². The van der Waals surface area contributed by atoms with Crippen molar-refractivity contribution in [3.8, 4) is 17.2 Å². The Morgan fingerprint density at radius 2 is 1.63 bits per heavy atom. The number of hydrogen-bond donors (Lipinski definition) is 9. The van der Waals surface area contributed by atoms with Gasteiger partial charge in [0, 0.05) is 52.5 Å². The number of phenols is 2. The first-order valence-corrected chi connectivity index (χ1v) is 30.9. The van der Waals surface area contributed by atoms with Gasteiger partial charge in [0.1, 0.15) is 41.2 Å². The number of fused-ring (bicyclic) bond motifs is 4. The van der Waals surface area contributed by atoms with Gasteiger partial charge in [0.2, 0.25) is 6.29 Å². The Balaban J connectivity index is 0.834. The first-order valence-electron chi connectivity index (χ1n) is 30.9. The largest absolute Gasteiger partial charge is 0.507 e. The predicted molar refractivity (Wildman–Crippen MR) is 288 cm³/mol. The molecule has 14 aliphatic rings. The normalized spacial score (nSPS) is 48.3. The van der Waals surface area contributed by atoms with Crippen LogP contribution < -0.4 is 15.6 Å². The first-order chi connectivity index (χ1) is 37.9. The number of aliphatic hydroxyl groups excluding tert-OH is 4. The second kappa shape index (κ2) is 16.8.